The molecule has 3 atom stereocenters. The van der Waals surface area contributed by atoms with Crippen LogP contribution in [0.2, 0.25) is 0 Å². The molecule has 32 heavy (non-hydrogen) atoms. The number of carbonyl (C=O) groups excluding carboxylic acids is 1. The maximum absolute atomic E-state index is 14.3. The molecule has 0 saturated heterocycles. The summed E-state index contributed by atoms with van der Waals surface area (Å²) in [6, 6.07) is 1.11. The summed E-state index contributed by atoms with van der Waals surface area (Å²) in [7, 11) is 0. The highest BCUT2D eigenvalue weighted by Gasteiger charge is 2.46. The lowest BCUT2D eigenvalue weighted by Gasteiger charge is -2.36. The molecule has 1 aromatic heterocycles. The number of amides is 1. The Kier molecular flexibility index (Phi) is 5.23. The molecular weight excluding hydrogens is 396 g/mol. The zero-order chi connectivity index (χ0) is 21.7. The minimum Gasteiger partial charge on any atom is -0.364 e. The average molecular weight is 433 g/mol. The van der Waals surface area contributed by atoms with Gasteiger partial charge in [0.05, 0.1) is 12.2 Å². The van der Waals surface area contributed by atoms with Crippen molar-refractivity contribution in [2.75, 3.05) is 6.54 Å². The molecule has 4 aliphatic carbocycles. The molecule has 5 heteroatoms. The van der Waals surface area contributed by atoms with Gasteiger partial charge in [-0.25, -0.2) is 0 Å². The van der Waals surface area contributed by atoms with Gasteiger partial charge in [0.1, 0.15) is 0 Å². The van der Waals surface area contributed by atoms with E-state index in [1.54, 1.807) is 5.57 Å². The van der Waals surface area contributed by atoms with Crippen molar-refractivity contribution >= 4 is 5.91 Å². The van der Waals surface area contributed by atoms with Crippen LogP contribution in [0.4, 0.5) is 0 Å². The smallest absolute Gasteiger partial charge is 0.252 e. The molecule has 3 unspecified atom stereocenters. The van der Waals surface area contributed by atoms with Gasteiger partial charge in [-0.15, -0.1) is 0 Å². The number of nitrogens with zero attached hydrogens (tertiary/aromatic N) is 3. The summed E-state index contributed by atoms with van der Waals surface area (Å²) < 4.78 is 0. The average Bonchev–Trinajstić information content (AvgIpc) is 3.46. The van der Waals surface area contributed by atoms with Crippen LogP contribution in [-0.2, 0) is 17.6 Å². The third-order valence-corrected chi connectivity index (χ3v) is 8.49. The summed E-state index contributed by atoms with van der Waals surface area (Å²) in [6.45, 7) is 3.22. The zero-order valence-electron chi connectivity index (χ0n) is 19.4. The fourth-order valence-electron chi connectivity index (χ4n) is 6.66. The lowest BCUT2D eigenvalue weighted by molar-refractivity contribution is -0.131. The number of H-pyrrole nitrogens is 1. The van der Waals surface area contributed by atoms with Crippen molar-refractivity contribution in [1.82, 2.24) is 20.0 Å². The van der Waals surface area contributed by atoms with E-state index in [-0.39, 0.29) is 0 Å². The first kappa shape index (κ1) is 20.3. The number of aromatic nitrogens is 2. The van der Waals surface area contributed by atoms with Gasteiger partial charge in [0.25, 0.3) is 5.91 Å². The molecule has 0 radical (unpaired) electrons. The van der Waals surface area contributed by atoms with Crippen LogP contribution in [0.25, 0.3) is 0 Å². The second kappa shape index (κ2) is 8.24. The fraction of sp³-hybridized carbons (Fsp3) is 0.630. The molecule has 1 N–H and O–H groups in total. The molecule has 0 bridgehead atoms. The monoisotopic (exact) mass is 432 g/mol. The largest absolute Gasteiger partial charge is 0.364 e. The number of aryl methyl sites for hydroxylation is 1. The van der Waals surface area contributed by atoms with E-state index in [0.29, 0.717) is 30.0 Å². The van der Waals surface area contributed by atoms with Crippen LogP contribution in [0.15, 0.2) is 41.3 Å². The number of hydrogen-bond acceptors (Lipinski definition) is 3. The second-order valence-corrected chi connectivity index (χ2v) is 10.6. The van der Waals surface area contributed by atoms with Crippen molar-refractivity contribution in [3.05, 3.63) is 52.5 Å². The molecule has 1 amide bonds. The van der Waals surface area contributed by atoms with Crippen LogP contribution < -0.4 is 0 Å². The second-order valence-electron chi connectivity index (χ2n) is 10.6. The van der Waals surface area contributed by atoms with Gasteiger partial charge in [-0.2, -0.15) is 5.10 Å². The number of aromatic amines is 1. The van der Waals surface area contributed by atoms with Gasteiger partial charge in [-0.05, 0) is 83.1 Å². The Morgan fingerprint density at radius 2 is 2.06 bits per heavy atom. The van der Waals surface area contributed by atoms with Crippen LogP contribution in [0, 0.1) is 5.92 Å². The highest BCUT2D eigenvalue weighted by Crippen LogP contribution is 2.44. The Morgan fingerprint density at radius 3 is 2.88 bits per heavy atom. The van der Waals surface area contributed by atoms with Gasteiger partial charge in [0.15, 0.2) is 0 Å². The number of carbonyl (C=O) groups is 1. The van der Waals surface area contributed by atoms with Crippen molar-refractivity contribution in [1.29, 1.82) is 0 Å². The maximum atomic E-state index is 14.3. The molecule has 1 fully saturated rings. The molecule has 6 rings (SSSR count). The molecule has 5 nitrogen and oxygen atoms in total. The Balaban J connectivity index is 1.30. The van der Waals surface area contributed by atoms with E-state index >= 15 is 0 Å². The Labute approximate surface area is 191 Å². The van der Waals surface area contributed by atoms with Crippen LogP contribution in [0.5, 0.6) is 0 Å². The lowest BCUT2D eigenvalue weighted by Crippen LogP contribution is -2.46. The lowest BCUT2D eigenvalue weighted by atomic mass is 9.84. The Morgan fingerprint density at radius 1 is 1.16 bits per heavy atom. The first-order valence-corrected chi connectivity index (χ1v) is 12.9. The third kappa shape index (κ3) is 3.54. The summed E-state index contributed by atoms with van der Waals surface area (Å²) in [5, 5.41) is 7.41. The topological polar surface area (TPSA) is 52.2 Å². The van der Waals surface area contributed by atoms with E-state index in [0.717, 1.165) is 57.1 Å². The predicted molar refractivity (Wildman–Crippen MR) is 126 cm³/mol. The SMILES string of the molecule is CC1=C(C(=O)N(C2CC2)C2CCc3[nH]ncc3C2)C2CCC=CC2N1CC1=CCCCC1. The molecular formula is C27H36N4O. The molecule has 5 aliphatic rings. The summed E-state index contributed by atoms with van der Waals surface area (Å²) in [5.41, 5.74) is 6.52. The summed E-state index contributed by atoms with van der Waals surface area (Å²) >= 11 is 0. The Bertz CT molecular complexity index is 982. The van der Waals surface area contributed by atoms with E-state index < -0.39 is 0 Å². The predicted octanol–water partition coefficient (Wildman–Crippen LogP) is 4.68. The van der Waals surface area contributed by atoms with E-state index in [2.05, 4.69) is 45.1 Å². The fourth-order valence-corrected chi connectivity index (χ4v) is 6.66. The summed E-state index contributed by atoms with van der Waals surface area (Å²) in [5.74, 6) is 0.693. The minimum atomic E-state index is 0.313. The number of allylic oxidation sites excluding steroid dienone is 3. The highest BCUT2D eigenvalue weighted by molar-refractivity contribution is 5.96. The van der Waals surface area contributed by atoms with Crippen LogP contribution in [0.1, 0.15) is 76.0 Å². The van der Waals surface area contributed by atoms with Crippen LogP contribution in [-0.4, -0.2) is 50.6 Å². The van der Waals surface area contributed by atoms with Crippen molar-refractivity contribution < 1.29 is 4.79 Å². The highest BCUT2D eigenvalue weighted by atomic mass is 16.2. The van der Waals surface area contributed by atoms with Gasteiger partial charge >= 0.3 is 0 Å². The molecule has 1 aromatic rings. The maximum Gasteiger partial charge on any atom is 0.252 e. The van der Waals surface area contributed by atoms with Crippen molar-refractivity contribution in [2.45, 2.75) is 95.7 Å². The van der Waals surface area contributed by atoms with Gasteiger partial charge in [0, 0.05) is 41.5 Å². The minimum absolute atomic E-state index is 0.313. The number of fused-ring (bicyclic) bond motifs is 2. The first-order chi connectivity index (χ1) is 15.7. The standard InChI is InChI=1S/C27H36N4O/c1-18-26(23-9-5-6-10-25(23)30(18)17-19-7-3-2-4-8-19)27(32)31(21-11-12-21)22-13-14-24-20(15-22)16-28-29-24/h6-7,10,16,21-23,25H,2-5,8-9,11-15,17H2,1H3,(H,28,29). The van der Waals surface area contributed by atoms with Gasteiger partial charge in [-0.1, -0.05) is 23.8 Å². The zero-order valence-corrected chi connectivity index (χ0v) is 19.4. The number of rotatable bonds is 5. The van der Waals surface area contributed by atoms with Crippen LogP contribution in [0.3, 0.4) is 0 Å². The van der Waals surface area contributed by atoms with E-state index in [1.165, 1.54) is 42.6 Å². The van der Waals surface area contributed by atoms with Crippen LogP contribution >= 0.6 is 0 Å². The summed E-state index contributed by atoms with van der Waals surface area (Å²) in [4.78, 5) is 19.1. The Hall–Kier alpha value is -2.30. The van der Waals surface area contributed by atoms with E-state index in [4.69, 9.17) is 0 Å². The molecule has 0 spiro atoms. The number of hydrogen-bond donors (Lipinski definition) is 1. The number of nitrogens with one attached hydrogen (secondary N) is 1. The third-order valence-electron chi connectivity index (χ3n) is 8.49. The molecule has 0 aromatic carbocycles. The molecule has 1 aliphatic heterocycles. The van der Waals surface area contributed by atoms with Gasteiger partial charge in [-0.3, -0.25) is 9.89 Å². The van der Waals surface area contributed by atoms with Gasteiger partial charge < -0.3 is 9.80 Å². The van der Waals surface area contributed by atoms with Crippen molar-refractivity contribution in [2.24, 2.45) is 5.92 Å². The molecule has 2 heterocycles. The summed E-state index contributed by atoms with van der Waals surface area (Å²) in [6.07, 6.45) is 21.8. The van der Waals surface area contributed by atoms with Crippen molar-refractivity contribution in [3.8, 4) is 0 Å². The van der Waals surface area contributed by atoms with Crippen molar-refractivity contribution in [3.63, 3.8) is 0 Å². The van der Waals surface area contributed by atoms with E-state index in [9.17, 15) is 4.79 Å². The normalized spacial score (nSPS) is 29.6. The molecule has 1 saturated carbocycles. The molecule has 170 valence electrons. The van der Waals surface area contributed by atoms with E-state index in [1.807, 2.05) is 6.20 Å². The first-order valence-electron chi connectivity index (χ1n) is 12.9. The quantitative estimate of drug-likeness (QED) is 0.687. The van der Waals surface area contributed by atoms with Gasteiger partial charge in [0.2, 0.25) is 0 Å².